The van der Waals surface area contributed by atoms with Crippen LogP contribution in [0, 0.1) is 0 Å². The summed E-state index contributed by atoms with van der Waals surface area (Å²) in [6.45, 7) is 2.39. The number of rotatable bonds is 16. The first-order valence-corrected chi connectivity index (χ1v) is 16.2. The zero-order chi connectivity index (χ0) is 32.0. The maximum absolute atomic E-state index is 5.80. The van der Waals surface area contributed by atoms with Crippen LogP contribution in [0.15, 0.2) is 130 Å². The second kappa shape index (κ2) is 16.9. The van der Waals surface area contributed by atoms with Crippen LogP contribution in [0.1, 0.15) is 51.0 Å². The van der Waals surface area contributed by atoms with Crippen molar-refractivity contribution in [1.29, 1.82) is 0 Å². The lowest BCUT2D eigenvalue weighted by molar-refractivity contribution is 0.120. The van der Waals surface area contributed by atoms with E-state index >= 15 is 0 Å². The molecule has 0 aliphatic carbocycles. The number of ether oxygens (including phenoxy) is 2. The Morgan fingerprint density at radius 1 is 0.522 bits per heavy atom. The second-order valence-corrected chi connectivity index (χ2v) is 11.5. The highest BCUT2D eigenvalue weighted by Gasteiger charge is 2.06. The van der Waals surface area contributed by atoms with Gasteiger partial charge in [0, 0.05) is 30.6 Å². The van der Waals surface area contributed by atoms with Crippen LogP contribution in [0.25, 0.3) is 10.8 Å². The Labute approximate surface area is 272 Å². The molecule has 0 aliphatic rings. The topological polar surface area (TPSA) is 71.1 Å². The molecule has 5 aromatic carbocycles. The number of azo groups is 2. The van der Waals surface area contributed by atoms with Crippen molar-refractivity contribution in [2.75, 3.05) is 25.8 Å². The minimum Gasteiger partial charge on any atom is -0.458 e. The van der Waals surface area contributed by atoms with E-state index in [9.17, 15) is 0 Å². The van der Waals surface area contributed by atoms with Crippen LogP contribution in [0.2, 0.25) is 0 Å². The Balaban J connectivity index is 1.13. The highest BCUT2D eigenvalue weighted by molar-refractivity contribution is 5.99. The smallest absolute Gasteiger partial charge is 0.230 e. The number of hydrogen-bond acceptors (Lipinski definition) is 7. The first-order valence-electron chi connectivity index (χ1n) is 16.2. The zero-order valence-electron chi connectivity index (χ0n) is 27.1. The average molecular weight is 614 g/mol. The van der Waals surface area contributed by atoms with Gasteiger partial charge in [0.1, 0.15) is 11.5 Å². The van der Waals surface area contributed by atoms with E-state index in [4.69, 9.17) is 9.47 Å². The Kier molecular flexibility index (Phi) is 11.9. The highest BCUT2D eigenvalue weighted by Crippen LogP contribution is 2.35. The maximum Gasteiger partial charge on any atom is 0.230 e. The first-order chi connectivity index (χ1) is 22.6. The third-order valence-electron chi connectivity index (χ3n) is 7.82. The van der Waals surface area contributed by atoms with Gasteiger partial charge < -0.3 is 14.4 Å². The SMILES string of the molecule is CCCCCCCCc1ccc(OCOc2ccc(N=Nc3ccc(N=Nc4ccc(N(C)C)cc4)c4ccccc34)cc2)cc1. The molecule has 0 aliphatic heterocycles. The summed E-state index contributed by atoms with van der Waals surface area (Å²) in [5.41, 5.74) is 5.53. The molecule has 236 valence electrons. The van der Waals surface area contributed by atoms with Crippen molar-refractivity contribution in [3.8, 4) is 11.5 Å². The molecule has 0 aromatic heterocycles. The number of hydrogen-bond donors (Lipinski definition) is 0. The summed E-state index contributed by atoms with van der Waals surface area (Å²) in [5, 5.41) is 19.9. The van der Waals surface area contributed by atoms with Gasteiger partial charge in [-0.3, -0.25) is 0 Å². The van der Waals surface area contributed by atoms with E-state index in [2.05, 4.69) is 44.4 Å². The van der Waals surface area contributed by atoms with Crippen molar-refractivity contribution in [2.24, 2.45) is 20.5 Å². The van der Waals surface area contributed by atoms with Crippen molar-refractivity contribution in [1.82, 2.24) is 0 Å². The first kappa shape index (κ1) is 32.4. The Hall–Kier alpha value is -5.04. The molecule has 46 heavy (non-hydrogen) atoms. The largest absolute Gasteiger partial charge is 0.458 e. The fourth-order valence-electron chi connectivity index (χ4n) is 5.12. The number of aryl methyl sites for hydroxylation is 1. The predicted octanol–water partition coefficient (Wildman–Crippen LogP) is 12.1. The van der Waals surface area contributed by atoms with Crippen molar-refractivity contribution in [3.63, 3.8) is 0 Å². The van der Waals surface area contributed by atoms with Gasteiger partial charge in [0.05, 0.1) is 22.7 Å². The van der Waals surface area contributed by atoms with Crippen LogP contribution >= 0.6 is 0 Å². The van der Waals surface area contributed by atoms with Gasteiger partial charge in [-0.1, -0.05) is 75.4 Å². The van der Waals surface area contributed by atoms with Crippen molar-refractivity contribution >= 4 is 39.2 Å². The summed E-state index contributed by atoms with van der Waals surface area (Å²) in [6.07, 6.45) is 8.99. The van der Waals surface area contributed by atoms with Crippen LogP contribution < -0.4 is 14.4 Å². The van der Waals surface area contributed by atoms with E-state index < -0.39 is 0 Å². The Morgan fingerprint density at radius 3 is 1.57 bits per heavy atom. The molecule has 7 nitrogen and oxygen atoms in total. The van der Waals surface area contributed by atoms with Gasteiger partial charge in [0.25, 0.3) is 0 Å². The third-order valence-corrected chi connectivity index (χ3v) is 7.82. The van der Waals surface area contributed by atoms with Crippen molar-refractivity contribution < 1.29 is 9.47 Å². The van der Waals surface area contributed by atoms with Crippen LogP contribution in [0.4, 0.5) is 28.4 Å². The maximum atomic E-state index is 5.80. The lowest BCUT2D eigenvalue weighted by atomic mass is 10.1. The molecule has 0 atom stereocenters. The quantitative estimate of drug-likeness (QED) is 0.0631. The van der Waals surface area contributed by atoms with Gasteiger partial charge in [-0.2, -0.15) is 10.2 Å². The average Bonchev–Trinajstić information content (AvgIpc) is 3.09. The fraction of sp³-hybridized carbons (Fsp3) is 0.282. The van der Waals surface area contributed by atoms with E-state index in [0.29, 0.717) is 5.75 Å². The molecule has 0 saturated heterocycles. The van der Waals surface area contributed by atoms with Gasteiger partial charge in [0.2, 0.25) is 6.79 Å². The van der Waals surface area contributed by atoms with Gasteiger partial charge >= 0.3 is 0 Å². The molecule has 0 fully saturated rings. The molecule has 5 rings (SSSR count). The minimum atomic E-state index is 0.134. The molecule has 7 heteroatoms. The Morgan fingerprint density at radius 2 is 1.02 bits per heavy atom. The molecule has 0 heterocycles. The van der Waals surface area contributed by atoms with Crippen LogP contribution in [0.5, 0.6) is 11.5 Å². The second-order valence-electron chi connectivity index (χ2n) is 11.5. The van der Waals surface area contributed by atoms with E-state index in [1.165, 1.54) is 44.1 Å². The lowest BCUT2D eigenvalue weighted by Crippen LogP contribution is -2.07. The predicted molar refractivity (Wildman–Crippen MR) is 189 cm³/mol. The lowest BCUT2D eigenvalue weighted by Gasteiger charge is -2.11. The number of fused-ring (bicyclic) bond motifs is 1. The fourth-order valence-corrected chi connectivity index (χ4v) is 5.12. The van der Waals surface area contributed by atoms with Crippen molar-refractivity contribution in [2.45, 2.75) is 51.9 Å². The summed E-state index contributed by atoms with van der Waals surface area (Å²) >= 11 is 0. The Bertz CT molecular complexity index is 1710. The monoisotopic (exact) mass is 613 g/mol. The molecule has 5 aromatic rings. The molecule has 0 N–H and O–H groups in total. The molecule has 0 radical (unpaired) electrons. The summed E-state index contributed by atoms with van der Waals surface area (Å²) in [5.74, 6) is 1.51. The minimum absolute atomic E-state index is 0.134. The third kappa shape index (κ3) is 9.48. The summed E-state index contributed by atoms with van der Waals surface area (Å²) in [4.78, 5) is 2.05. The molecule has 0 saturated carbocycles. The van der Waals surface area contributed by atoms with E-state index in [1.807, 2.05) is 111 Å². The highest BCUT2D eigenvalue weighted by atomic mass is 16.7. The molecule has 0 spiro atoms. The van der Waals surface area contributed by atoms with E-state index in [-0.39, 0.29) is 6.79 Å². The number of nitrogens with zero attached hydrogens (tertiary/aromatic N) is 5. The number of anilines is 1. The van der Waals surface area contributed by atoms with E-state index in [1.54, 1.807) is 0 Å². The normalized spacial score (nSPS) is 11.5. The zero-order valence-corrected chi connectivity index (χ0v) is 27.1. The molecule has 0 unspecified atom stereocenters. The summed E-state index contributed by atoms with van der Waals surface area (Å²) in [7, 11) is 4.03. The summed E-state index contributed by atoms with van der Waals surface area (Å²) < 4.78 is 11.6. The van der Waals surface area contributed by atoms with Crippen LogP contribution in [-0.4, -0.2) is 20.9 Å². The number of unbranched alkanes of at least 4 members (excludes halogenated alkanes) is 5. The van der Waals surface area contributed by atoms with E-state index in [0.717, 1.165) is 51.4 Å². The summed E-state index contributed by atoms with van der Waals surface area (Å²) in [6, 6.07) is 35.7. The molecular weight excluding hydrogens is 570 g/mol. The van der Waals surface area contributed by atoms with Gasteiger partial charge in [-0.25, -0.2) is 0 Å². The molecule has 0 amide bonds. The van der Waals surface area contributed by atoms with Crippen molar-refractivity contribution in [3.05, 3.63) is 115 Å². The molecule has 0 bridgehead atoms. The van der Waals surface area contributed by atoms with Gasteiger partial charge in [-0.15, -0.1) is 10.2 Å². The standard InChI is InChI=1S/C39H43N5O2/c1-4-5-6-7-8-9-12-30-15-23-34(24-16-30)45-29-46-35-25-19-32(20-26-35)41-43-39-28-27-38(36-13-10-11-14-37(36)39)42-40-31-17-21-33(22-18-31)44(2)3/h10-11,13-28H,4-9,12,29H2,1-3H3. The van der Waals surface area contributed by atoms with Crippen LogP contribution in [-0.2, 0) is 6.42 Å². The van der Waals surface area contributed by atoms with Gasteiger partial charge in [0.15, 0.2) is 0 Å². The van der Waals surface area contributed by atoms with Gasteiger partial charge in [-0.05, 0) is 91.2 Å². The van der Waals surface area contributed by atoms with Crippen LogP contribution in [0.3, 0.4) is 0 Å². The molecular formula is C39H43N5O2. The number of benzene rings is 5.